The minimum Gasteiger partial charge on any atom is -0.469 e. The van der Waals surface area contributed by atoms with E-state index in [1.54, 1.807) is 17.9 Å². The molecule has 2 amide bonds. The number of benzene rings is 1. The summed E-state index contributed by atoms with van der Waals surface area (Å²) >= 11 is 0. The molecule has 1 aromatic carbocycles. The van der Waals surface area contributed by atoms with E-state index in [4.69, 9.17) is 4.42 Å². The average Bonchev–Trinajstić information content (AvgIpc) is 3.00. The van der Waals surface area contributed by atoms with Crippen molar-refractivity contribution < 1.29 is 14.0 Å². The van der Waals surface area contributed by atoms with E-state index in [2.05, 4.69) is 5.32 Å². The fourth-order valence-electron chi connectivity index (χ4n) is 2.64. The van der Waals surface area contributed by atoms with Crippen LogP contribution < -0.4 is 5.32 Å². The highest BCUT2D eigenvalue weighted by molar-refractivity contribution is 5.96. The summed E-state index contributed by atoms with van der Waals surface area (Å²) in [7, 11) is 0. The van der Waals surface area contributed by atoms with Crippen molar-refractivity contribution >= 4 is 17.5 Å². The Balaban J connectivity index is 1.96. The van der Waals surface area contributed by atoms with E-state index in [9.17, 15) is 9.59 Å². The lowest BCUT2D eigenvalue weighted by molar-refractivity contribution is -0.116. The second-order valence-corrected chi connectivity index (χ2v) is 6.28. The van der Waals surface area contributed by atoms with Gasteiger partial charge in [-0.15, -0.1) is 0 Å². The normalized spacial score (nSPS) is 10.6. The zero-order valence-electron chi connectivity index (χ0n) is 15.4. The van der Waals surface area contributed by atoms with Gasteiger partial charge in [-0.05, 0) is 56.5 Å². The first-order chi connectivity index (χ1) is 11.9. The van der Waals surface area contributed by atoms with Crippen molar-refractivity contribution in [3.05, 3.63) is 53.0 Å². The lowest BCUT2D eigenvalue weighted by Gasteiger charge is -2.21. The van der Waals surface area contributed by atoms with Crippen LogP contribution in [0.25, 0.3) is 0 Å². The van der Waals surface area contributed by atoms with E-state index < -0.39 is 0 Å². The molecule has 0 aliphatic rings. The summed E-state index contributed by atoms with van der Waals surface area (Å²) in [5, 5.41) is 2.90. The van der Waals surface area contributed by atoms with Gasteiger partial charge in [0, 0.05) is 25.2 Å². The van der Waals surface area contributed by atoms with Gasteiger partial charge < -0.3 is 14.6 Å². The average molecular weight is 342 g/mol. The van der Waals surface area contributed by atoms with Crippen LogP contribution in [-0.2, 0) is 4.79 Å². The largest absolute Gasteiger partial charge is 0.469 e. The number of nitrogens with zero attached hydrogens (tertiary/aromatic N) is 1. The maximum atomic E-state index is 12.6. The Labute approximate surface area is 149 Å². The Kier molecular flexibility index (Phi) is 6.39. The number of nitrogens with one attached hydrogen (secondary N) is 1. The molecule has 0 saturated carbocycles. The Hall–Kier alpha value is -2.56. The van der Waals surface area contributed by atoms with Crippen molar-refractivity contribution in [3.8, 4) is 0 Å². The topological polar surface area (TPSA) is 62.6 Å². The predicted molar refractivity (Wildman–Crippen MR) is 98.8 cm³/mol. The highest BCUT2D eigenvalue weighted by Crippen LogP contribution is 2.15. The molecule has 5 nitrogen and oxygen atoms in total. The first-order valence-corrected chi connectivity index (χ1v) is 8.62. The summed E-state index contributed by atoms with van der Waals surface area (Å²) in [6.45, 7) is 8.82. The molecule has 0 fully saturated rings. The zero-order valence-corrected chi connectivity index (χ0v) is 15.4. The maximum Gasteiger partial charge on any atom is 0.257 e. The molecule has 0 spiro atoms. The van der Waals surface area contributed by atoms with Gasteiger partial charge in [0.1, 0.15) is 5.76 Å². The van der Waals surface area contributed by atoms with Gasteiger partial charge in [0.15, 0.2) is 0 Å². The fraction of sp³-hybridized carbons (Fsp3) is 0.400. The molecule has 0 atom stereocenters. The van der Waals surface area contributed by atoms with Crippen molar-refractivity contribution in [1.29, 1.82) is 0 Å². The number of anilines is 1. The Bertz CT molecular complexity index is 749. The molecule has 0 radical (unpaired) electrons. The first-order valence-electron chi connectivity index (χ1n) is 8.62. The first kappa shape index (κ1) is 18.8. The second kappa shape index (κ2) is 8.51. The minimum absolute atomic E-state index is 0.0907. The third-order valence-corrected chi connectivity index (χ3v) is 4.27. The van der Waals surface area contributed by atoms with Gasteiger partial charge in [-0.25, -0.2) is 0 Å². The van der Waals surface area contributed by atoms with E-state index in [0.29, 0.717) is 24.4 Å². The van der Waals surface area contributed by atoms with Gasteiger partial charge in [0.25, 0.3) is 5.91 Å². The molecular formula is C20H26N2O3. The van der Waals surface area contributed by atoms with Crippen molar-refractivity contribution in [1.82, 2.24) is 4.90 Å². The molecule has 0 saturated heterocycles. The van der Waals surface area contributed by atoms with Gasteiger partial charge in [0.05, 0.1) is 11.8 Å². The molecule has 5 heteroatoms. The third-order valence-electron chi connectivity index (χ3n) is 4.27. The van der Waals surface area contributed by atoms with E-state index in [1.807, 2.05) is 39.0 Å². The van der Waals surface area contributed by atoms with Gasteiger partial charge >= 0.3 is 0 Å². The van der Waals surface area contributed by atoms with Crippen molar-refractivity contribution in [2.24, 2.45) is 0 Å². The SMILES string of the molecule is CCCN(CCC(=O)Nc1ccc(C)c(C)c1)C(=O)c1ccoc1C. The van der Waals surface area contributed by atoms with Gasteiger partial charge in [-0.2, -0.15) is 0 Å². The highest BCUT2D eigenvalue weighted by atomic mass is 16.3. The van der Waals surface area contributed by atoms with E-state index >= 15 is 0 Å². The molecule has 2 rings (SSSR count). The quantitative estimate of drug-likeness (QED) is 0.824. The molecular weight excluding hydrogens is 316 g/mol. The lowest BCUT2D eigenvalue weighted by Crippen LogP contribution is -2.34. The number of rotatable bonds is 7. The van der Waals surface area contributed by atoms with Crippen molar-refractivity contribution in [2.75, 3.05) is 18.4 Å². The van der Waals surface area contributed by atoms with Crippen LogP contribution in [0.4, 0.5) is 5.69 Å². The lowest BCUT2D eigenvalue weighted by atomic mass is 10.1. The van der Waals surface area contributed by atoms with Crippen LogP contribution in [0.15, 0.2) is 34.9 Å². The summed E-state index contributed by atoms with van der Waals surface area (Å²) in [6.07, 6.45) is 2.61. The molecule has 134 valence electrons. The molecule has 0 aliphatic carbocycles. The number of hydrogen-bond donors (Lipinski definition) is 1. The Morgan fingerprint density at radius 1 is 1.08 bits per heavy atom. The third kappa shape index (κ3) is 4.95. The number of hydrogen-bond acceptors (Lipinski definition) is 3. The van der Waals surface area contributed by atoms with E-state index in [1.165, 1.54) is 11.8 Å². The van der Waals surface area contributed by atoms with Crippen LogP contribution >= 0.6 is 0 Å². The molecule has 0 aliphatic heterocycles. The minimum atomic E-state index is -0.0962. The Morgan fingerprint density at radius 3 is 2.44 bits per heavy atom. The van der Waals surface area contributed by atoms with Gasteiger partial charge in [-0.3, -0.25) is 9.59 Å². The van der Waals surface area contributed by atoms with E-state index in [-0.39, 0.29) is 18.2 Å². The van der Waals surface area contributed by atoms with E-state index in [0.717, 1.165) is 17.7 Å². The number of carbonyl (C=O) groups excluding carboxylic acids is 2. The van der Waals surface area contributed by atoms with Crippen LogP contribution in [-0.4, -0.2) is 29.8 Å². The summed E-state index contributed by atoms with van der Waals surface area (Å²) in [6, 6.07) is 7.51. The second-order valence-electron chi connectivity index (χ2n) is 6.28. The molecule has 1 N–H and O–H groups in total. The van der Waals surface area contributed by atoms with Gasteiger partial charge in [0.2, 0.25) is 5.91 Å². The smallest absolute Gasteiger partial charge is 0.257 e. The number of aryl methyl sites for hydroxylation is 3. The Morgan fingerprint density at radius 2 is 1.84 bits per heavy atom. The van der Waals surface area contributed by atoms with Gasteiger partial charge in [-0.1, -0.05) is 13.0 Å². The predicted octanol–water partition coefficient (Wildman–Crippen LogP) is 4.09. The summed E-state index contributed by atoms with van der Waals surface area (Å²) < 4.78 is 5.21. The standard InChI is InChI=1S/C20H26N2O3/c1-5-10-22(20(24)18-9-12-25-16(18)4)11-8-19(23)21-17-7-6-14(2)15(3)13-17/h6-7,9,12-13H,5,8,10-11H2,1-4H3,(H,21,23). The summed E-state index contributed by atoms with van der Waals surface area (Å²) in [5.74, 6) is 0.416. The molecule has 1 heterocycles. The maximum absolute atomic E-state index is 12.6. The molecule has 2 aromatic rings. The summed E-state index contributed by atoms with van der Waals surface area (Å²) in [4.78, 5) is 26.5. The van der Waals surface area contributed by atoms with Crippen molar-refractivity contribution in [3.63, 3.8) is 0 Å². The fourth-order valence-corrected chi connectivity index (χ4v) is 2.64. The summed E-state index contributed by atoms with van der Waals surface area (Å²) in [5.41, 5.74) is 3.67. The highest BCUT2D eigenvalue weighted by Gasteiger charge is 2.19. The van der Waals surface area contributed by atoms with Crippen molar-refractivity contribution in [2.45, 2.75) is 40.5 Å². The van der Waals surface area contributed by atoms with Crippen LogP contribution in [0.5, 0.6) is 0 Å². The van der Waals surface area contributed by atoms with Crippen LogP contribution in [0, 0.1) is 20.8 Å². The van der Waals surface area contributed by atoms with Crippen LogP contribution in [0.2, 0.25) is 0 Å². The zero-order chi connectivity index (χ0) is 18.4. The molecule has 0 bridgehead atoms. The molecule has 0 unspecified atom stereocenters. The van der Waals surface area contributed by atoms with Crippen LogP contribution in [0.3, 0.4) is 0 Å². The molecule has 1 aromatic heterocycles. The number of amides is 2. The van der Waals surface area contributed by atoms with Crippen LogP contribution in [0.1, 0.15) is 47.0 Å². The monoisotopic (exact) mass is 342 g/mol. The number of furan rings is 1. The molecule has 25 heavy (non-hydrogen) atoms. The number of carbonyl (C=O) groups is 2.